The molecule has 2 aromatic rings. The molecule has 0 spiro atoms. The van der Waals surface area contributed by atoms with Crippen LogP contribution in [0.4, 0.5) is 17.3 Å². The average molecular weight is 410 g/mol. The number of morpholine rings is 1. The number of rotatable bonds is 6. The van der Waals surface area contributed by atoms with Crippen LogP contribution in [0, 0.1) is 10.1 Å². The van der Waals surface area contributed by atoms with Gasteiger partial charge in [0.2, 0.25) is 11.6 Å². The molecule has 1 aromatic carbocycles. The molecular weight excluding hydrogens is 384 g/mol. The fraction of sp³-hybridized carbons (Fsp3) is 0.429. The van der Waals surface area contributed by atoms with Gasteiger partial charge in [0.1, 0.15) is 6.33 Å². The van der Waals surface area contributed by atoms with Gasteiger partial charge in [0, 0.05) is 45.8 Å². The lowest BCUT2D eigenvalue weighted by Gasteiger charge is -2.35. The van der Waals surface area contributed by atoms with E-state index in [2.05, 4.69) is 39.2 Å². The normalized spacial score (nSPS) is 18.1. The van der Waals surface area contributed by atoms with Crippen LogP contribution in [0.15, 0.2) is 42.7 Å². The number of ether oxygens (including phenoxy) is 1. The molecule has 0 atom stereocenters. The summed E-state index contributed by atoms with van der Waals surface area (Å²) in [5.41, 5.74) is 1.18. The molecule has 0 amide bonds. The molecule has 158 valence electrons. The van der Waals surface area contributed by atoms with Crippen LogP contribution in [0.3, 0.4) is 0 Å². The van der Waals surface area contributed by atoms with Gasteiger partial charge in [-0.2, -0.15) is 0 Å². The summed E-state index contributed by atoms with van der Waals surface area (Å²) in [6.07, 6.45) is 5.72. The van der Waals surface area contributed by atoms with E-state index in [0.29, 0.717) is 51.0 Å². The molecule has 1 aromatic heterocycles. The number of aromatic nitrogens is 2. The summed E-state index contributed by atoms with van der Waals surface area (Å²) in [4.78, 5) is 26.3. The second-order valence-electron chi connectivity index (χ2n) is 7.33. The number of hydrogen-bond donors (Lipinski definition) is 0. The maximum Gasteiger partial charge on any atom is 0.353 e. The average Bonchev–Trinajstić information content (AvgIpc) is 2.80. The maximum atomic E-state index is 11.9. The number of nitro groups is 1. The SMILES string of the molecule is O=[N+]([O-])c1c(N2CCOCC2)ncnc1N1CCN(C/C=C\c2ccccc2)CC1. The van der Waals surface area contributed by atoms with Crippen LogP contribution in [0.2, 0.25) is 0 Å². The van der Waals surface area contributed by atoms with E-state index in [0.717, 1.165) is 19.6 Å². The summed E-state index contributed by atoms with van der Waals surface area (Å²) in [6, 6.07) is 10.2. The summed E-state index contributed by atoms with van der Waals surface area (Å²) < 4.78 is 5.36. The molecular formula is C21H26N6O3. The van der Waals surface area contributed by atoms with Crippen molar-refractivity contribution in [1.82, 2.24) is 14.9 Å². The monoisotopic (exact) mass is 410 g/mol. The van der Waals surface area contributed by atoms with Crippen LogP contribution in [0.1, 0.15) is 5.56 Å². The van der Waals surface area contributed by atoms with Crippen LogP contribution in [0.5, 0.6) is 0 Å². The van der Waals surface area contributed by atoms with E-state index >= 15 is 0 Å². The van der Waals surface area contributed by atoms with Gasteiger partial charge in [-0.1, -0.05) is 42.5 Å². The van der Waals surface area contributed by atoms with Gasteiger partial charge >= 0.3 is 5.69 Å². The van der Waals surface area contributed by atoms with Crippen molar-refractivity contribution in [2.45, 2.75) is 0 Å². The first-order valence-electron chi connectivity index (χ1n) is 10.2. The lowest BCUT2D eigenvalue weighted by molar-refractivity contribution is -0.383. The van der Waals surface area contributed by atoms with Crippen LogP contribution in [0.25, 0.3) is 6.08 Å². The molecule has 2 saturated heterocycles. The molecule has 2 aliphatic rings. The van der Waals surface area contributed by atoms with E-state index in [1.165, 1.54) is 11.9 Å². The first kappa shape index (κ1) is 20.2. The van der Waals surface area contributed by atoms with Gasteiger partial charge in [0.25, 0.3) is 0 Å². The van der Waals surface area contributed by atoms with Gasteiger partial charge in [-0.25, -0.2) is 9.97 Å². The molecule has 0 radical (unpaired) electrons. The summed E-state index contributed by atoms with van der Waals surface area (Å²) in [6.45, 7) is 6.18. The van der Waals surface area contributed by atoms with Gasteiger partial charge in [-0.3, -0.25) is 15.0 Å². The summed E-state index contributed by atoms with van der Waals surface area (Å²) >= 11 is 0. The molecule has 0 saturated carbocycles. The highest BCUT2D eigenvalue weighted by Crippen LogP contribution is 2.34. The number of anilines is 2. The Kier molecular flexibility index (Phi) is 6.50. The molecule has 0 unspecified atom stereocenters. The predicted octanol–water partition coefficient (Wildman–Crippen LogP) is 2.06. The third kappa shape index (κ3) is 4.74. The quantitative estimate of drug-likeness (QED) is 0.528. The second-order valence-corrected chi connectivity index (χ2v) is 7.33. The molecule has 3 heterocycles. The molecule has 0 N–H and O–H groups in total. The second kappa shape index (κ2) is 9.64. The third-order valence-electron chi connectivity index (χ3n) is 5.42. The Morgan fingerprint density at radius 1 is 0.967 bits per heavy atom. The van der Waals surface area contributed by atoms with Gasteiger partial charge in [-0.05, 0) is 5.56 Å². The zero-order valence-electron chi connectivity index (χ0n) is 16.9. The van der Waals surface area contributed by atoms with E-state index in [1.54, 1.807) is 0 Å². The fourth-order valence-electron chi connectivity index (χ4n) is 3.81. The minimum absolute atomic E-state index is 0.00294. The summed E-state index contributed by atoms with van der Waals surface area (Å²) in [5.74, 6) is 0.803. The zero-order valence-corrected chi connectivity index (χ0v) is 16.9. The van der Waals surface area contributed by atoms with Crippen molar-refractivity contribution in [2.75, 3.05) is 68.8 Å². The Bertz CT molecular complexity index is 878. The Morgan fingerprint density at radius 2 is 1.60 bits per heavy atom. The maximum absolute atomic E-state index is 11.9. The summed E-state index contributed by atoms with van der Waals surface area (Å²) in [5, 5.41) is 11.9. The number of hydrogen-bond acceptors (Lipinski definition) is 8. The molecule has 30 heavy (non-hydrogen) atoms. The molecule has 2 fully saturated rings. The van der Waals surface area contributed by atoms with Gasteiger partial charge in [-0.15, -0.1) is 0 Å². The third-order valence-corrected chi connectivity index (χ3v) is 5.42. The standard InChI is InChI=1S/C21H26N6O3/c28-27(29)19-20(22-17-23-21(19)26-13-15-30-16-14-26)25-11-9-24(10-12-25)8-4-7-18-5-2-1-3-6-18/h1-7,17H,8-16H2/b7-4-. The Hall–Kier alpha value is -3.04. The minimum Gasteiger partial charge on any atom is -0.378 e. The minimum atomic E-state index is -0.352. The van der Waals surface area contributed by atoms with E-state index in [9.17, 15) is 10.1 Å². The van der Waals surface area contributed by atoms with Gasteiger partial charge < -0.3 is 14.5 Å². The number of piperazine rings is 1. The van der Waals surface area contributed by atoms with E-state index in [-0.39, 0.29) is 10.6 Å². The van der Waals surface area contributed by atoms with Crippen molar-refractivity contribution in [1.29, 1.82) is 0 Å². The summed E-state index contributed by atoms with van der Waals surface area (Å²) in [7, 11) is 0. The Balaban J connectivity index is 1.41. The molecule has 9 heteroatoms. The van der Waals surface area contributed by atoms with Crippen molar-refractivity contribution in [3.63, 3.8) is 0 Å². The molecule has 2 aliphatic heterocycles. The van der Waals surface area contributed by atoms with Crippen molar-refractivity contribution >= 4 is 23.4 Å². The topological polar surface area (TPSA) is 87.9 Å². The first-order chi connectivity index (χ1) is 14.7. The smallest absolute Gasteiger partial charge is 0.353 e. The molecule has 0 aliphatic carbocycles. The number of nitrogens with zero attached hydrogens (tertiary/aromatic N) is 6. The van der Waals surface area contributed by atoms with E-state index < -0.39 is 0 Å². The van der Waals surface area contributed by atoms with Crippen molar-refractivity contribution in [3.8, 4) is 0 Å². The van der Waals surface area contributed by atoms with Crippen LogP contribution in [-0.2, 0) is 4.74 Å². The first-order valence-corrected chi connectivity index (χ1v) is 10.2. The Labute approximate surface area is 175 Å². The lowest BCUT2D eigenvalue weighted by atomic mass is 10.2. The highest BCUT2D eigenvalue weighted by Gasteiger charge is 2.32. The predicted molar refractivity (Wildman–Crippen MR) is 116 cm³/mol. The largest absolute Gasteiger partial charge is 0.378 e. The van der Waals surface area contributed by atoms with Crippen molar-refractivity contribution in [3.05, 3.63) is 58.4 Å². The van der Waals surface area contributed by atoms with Crippen LogP contribution in [-0.4, -0.2) is 78.8 Å². The van der Waals surface area contributed by atoms with Gasteiger partial charge in [0.15, 0.2) is 0 Å². The van der Waals surface area contributed by atoms with Crippen LogP contribution < -0.4 is 9.80 Å². The molecule has 4 rings (SSSR count). The Morgan fingerprint density at radius 3 is 2.23 bits per heavy atom. The van der Waals surface area contributed by atoms with Crippen LogP contribution >= 0.6 is 0 Å². The van der Waals surface area contributed by atoms with Gasteiger partial charge in [0.05, 0.1) is 18.1 Å². The zero-order chi connectivity index (χ0) is 20.8. The fourth-order valence-corrected chi connectivity index (χ4v) is 3.81. The van der Waals surface area contributed by atoms with E-state index in [1.807, 2.05) is 28.0 Å². The van der Waals surface area contributed by atoms with Crippen molar-refractivity contribution in [2.24, 2.45) is 0 Å². The molecule has 0 bridgehead atoms. The highest BCUT2D eigenvalue weighted by atomic mass is 16.6. The molecule has 9 nitrogen and oxygen atoms in total. The number of benzene rings is 1. The van der Waals surface area contributed by atoms with E-state index in [4.69, 9.17) is 4.74 Å². The lowest BCUT2D eigenvalue weighted by Crippen LogP contribution is -2.47. The van der Waals surface area contributed by atoms with Crippen molar-refractivity contribution < 1.29 is 9.66 Å². The highest BCUT2D eigenvalue weighted by molar-refractivity contribution is 5.71.